The smallest absolute Gasteiger partial charge is 0.251 e. The maximum absolute atomic E-state index is 13.0. The van der Waals surface area contributed by atoms with Gasteiger partial charge in [0.2, 0.25) is 0 Å². The van der Waals surface area contributed by atoms with Crippen molar-refractivity contribution in [1.29, 1.82) is 0 Å². The normalized spacial score (nSPS) is 23.1. The van der Waals surface area contributed by atoms with Gasteiger partial charge in [0, 0.05) is 16.9 Å². The molecule has 19 heavy (non-hydrogen) atoms. The largest absolute Gasteiger partial charge is 0.352 e. The highest BCUT2D eigenvalue weighted by atomic mass is 79.9. The van der Waals surface area contributed by atoms with Crippen LogP contribution >= 0.6 is 15.9 Å². The molecule has 0 aliphatic heterocycles. The molecule has 1 aromatic rings. The van der Waals surface area contributed by atoms with Crippen molar-refractivity contribution in [2.75, 3.05) is 6.54 Å². The van der Waals surface area contributed by atoms with E-state index in [0.29, 0.717) is 17.3 Å². The van der Waals surface area contributed by atoms with Crippen LogP contribution in [0.4, 0.5) is 8.78 Å². The minimum absolute atomic E-state index is 0.154. The Kier molecular flexibility index (Phi) is 4.91. The first-order valence-electron chi connectivity index (χ1n) is 6.45. The summed E-state index contributed by atoms with van der Waals surface area (Å²) in [6.07, 6.45) is 4.58. The molecule has 1 amide bonds. The molecule has 1 fully saturated rings. The SMILES string of the molecule is O=C(NCC1CCCCC1Br)c1ccc(F)c(F)c1. The Balaban J connectivity index is 1.91. The van der Waals surface area contributed by atoms with Gasteiger partial charge in [-0.3, -0.25) is 4.79 Å². The highest BCUT2D eigenvalue weighted by molar-refractivity contribution is 9.09. The van der Waals surface area contributed by atoms with Crippen molar-refractivity contribution in [3.8, 4) is 0 Å². The fourth-order valence-electron chi connectivity index (χ4n) is 2.36. The molecule has 1 aromatic carbocycles. The number of carbonyl (C=O) groups is 1. The second kappa shape index (κ2) is 6.46. The number of rotatable bonds is 3. The van der Waals surface area contributed by atoms with Crippen molar-refractivity contribution in [2.45, 2.75) is 30.5 Å². The molecule has 0 spiro atoms. The summed E-state index contributed by atoms with van der Waals surface area (Å²) in [6, 6.07) is 3.19. The molecule has 2 unspecified atom stereocenters. The number of carbonyl (C=O) groups excluding carboxylic acids is 1. The molecule has 5 heteroatoms. The molecular weight excluding hydrogens is 316 g/mol. The topological polar surface area (TPSA) is 29.1 Å². The quantitative estimate of drug-likeness (QED) is 0.841. The summed E-state index contributed by atoms with van der Waals surface area (Å²) in [6.45, 7) is 0.563. The summed E-state index contributed by atoms with van der Waals surface area (Å²) >= 11 is 3.62. The van der Waals surface area contributed by atoms with Crippen LogP contribution in [0.5, 0.6) is 0 Å². The van der Waals surface area contributed by atoms with Gasteiger partial charge in [-0.1, -0.05) is 28.8 Å². The molecule has 1 aliphatic carbocycles. The molecule has 1 saturated carbocycles. The van der Waals surface area contributed by atoms with Crippen molar-refractivity contribution < 1.29 is 13.6 Å². The summed E-state index contributed by atoms with van der Waals surface area (Å²) in [7, 11) is 0. The standard InChI is InChI=1S/C14H16BrF2NO/c15-11-4-2-1-3-10(11)8-18-14(19)9-5-6-12(16)13(17)7-9/h5-7,10-11H,1-4,8H2,(H,18,19). The average molecular weight is 332 g/mol. The second-order valence-corrected chi connectivity index (χ2v) is 6.08. The van der Waals surface area contributed by atoms with E-state index >= 15 is 0 Å². The van der Waals surface area contributed by atoms with Crippen LogP contribution in [0, 0.1) is 17.6 Å². The van der Waals surface area contributed by atoms with Crippen molar-refractivity contribution in [1.82, 2.24) is 5.32 Å². The summed E-state index contributed by atoms with van der Waals surface area (Å²) in [4.78, 5) is 12.3. The molecule has 2 nitrogen and oxygen atoms in total. The second-order valence-electron chi connectivity index (χ2n) is 4.90. The molecular formula is C14H16BrF2NO. The van der Waals surface area contributed by atoms with Gasteiger partial charge < -0.3 is 5.32 Å². The number of alkyl halides is 1. The zero-order valence-corrected chi connectivity index (χ0v) is 12.1. The molecule has 2 rings (SSSR count). The Morgan fingerprint density at radius 2 is 2.00 bits per heavy atom. The third-order valence-corrected chi connectivity index (χ3v) is 4.73. The van der Waals surface area contributed by atoms with E-state index in [1.807, 2.05) is 0 Å². The van der Waals surface area contributed by atoms with Crippen LogP contribution in [0.1, 0.15) is 36.0 Å². The Labute approximate surface area is 119 Å². The van der Waals surface area contributed by atoms with Gasteiger partial charge in [-0.15, -0.1) is 0 Å². The molecule has 1 N–H and O–H groups in total. The Bertz CT molecular complexity index is 467. The molecule has 0 radical (unpaired) electrons. The van der Waals surface area contributed by atoms with Gasteiger partial charge in [0.1, 0.15) is 0 Å². The highest BCUT2D eigenvalue weighted by Gasteiger charge is 2.23. The first-order chi connectivity index (χ1) is 9.08. The van der Waals surface area contributed by atoms with E-state index in [1.165, 1.54) is 18.9 Å². The van der Waals surface area contributed by atoms with E-state index in [1.54, 1.807) is 0 Å². The molecule has 1 aliphatic rings. The first-order valence-corrected chi connectivity index (χ1v) is 7.37. The van der Waals surface area contributed by atoms with E-state index in [4.69, 9.17) is 0 Å². The molecule has 0 aromatic heterocycles. The zero-order chi connectivity index (χ0) is 13.8. The van der Waals surface area contributed by atoms with Crippen molar-refractivity contribution in [3.05, 3.63) is 35.4 Å². The van der Waals surface area contributed by atoms with Crippen LogP contribution in [-0.4, -0.2) is 17.3 Å². The van der Waals surface area contributed by atoms with E-state index in [9.17, 15) is 13.6 Å². The Hall–Kier alpha value is -0.970. The lowest BCUT2D eigenvalue weighted by atomic mass is 9.89. The summed E-state index contributed by atoms with van der Waals surface area (Å²) in [5, 5.41) is 2.79. The lowest BCUT2D eigenvalue weighted by Crippen LogP contribution is -2.34. The van der Waals surface area contributed by atoms with Crippen molar-refractivity contribution >= 4 is 21.8 Å². The predicted molar refractivity (Wildman–Crippen MR) is 73.4 cm³/mol. The highest BCUT2D eigenvalue weighted by Crippen LogP contribution is 2.29. The van der Waals surface area contributed by atoms with Gasteiger partial charge in [-0.05, 0) is 37.0 Å². The van der Waals surface area contributed by atoms with Gasteiger partial charge in [-0.25, -0.2) is 8.78 Å². The van der Waals surface area contributed by atoms with Crippen molar-refractivity contribution in [2.24, 2.45) is 5.92 Å². The van der Waals surface area contributed by atoms with Gasteiger partial charge >= 0.3 is 0 Å². The van der Waals surface area contributed by atoms with Gasteiger partial charge in [0.15, 0.2) is 11.6 Å². The predicted octanol–water partition coefficient (Wildman–Crippen LogP) is 3.65. The Morgan fingerprint density at radius 1 is 1.26 bits per heavy atom. The minimum Gasteiger partial charge on any atom is -0.352 e. The number of halogens is 3. The average Bonchev–Trinajstić information content (AvgIpc) is 2.40. The van der Waals surface area contributed by atoms with E-state index in [-0.39, 0.29) is 11.5 Å². The Morgan fingerprint density at radius 3 is 2.68 bits per heavy atom. The number of nitrogens with one attached hydrogen (secondary N) is 1. The van der Waals surface area contributed by atoms with Crippen LogP contribution in [0.3, 0.4) is 0 Å². The number of hydrogen-bond donors (Lipinski definition) is 1. The van der Waals surface area contributed by atoms with Crippen LogP contribution in [0.2, 0.25) is 0 Å². The van der Waals surface area contributed by atoms with Gasteiger partial charge in [-0.2, -0.15) is 0 Å². The molecule has 0 saturated heterocycles. The van der Waals surface area contributed by atoms with E-state index < -0.39 is 11.6 Å². The van der Waals surface area contributed by atoms with E-state index in [0.717, 1.165) is 25.0 Å². The molecule has 0 bridgehead atoms. The van der Waals surface area contributed by atoms with Gasteiger partial charge in [0.25, 0.3) is 5.91 Å². The van der Waals surface area contributed by atoms with Gasteiger partial charge in [0.05, 0.1) is 0 Å². The third-order valence-electron chi connectivity index (χ3n) is 3.52. The summed E-state index contributed by atoms with van der Waals surface area (Å²) < 4.78 is 25.8. The number of hydrogen-bond acceptors (Lipinski definition) is 1. The third kappa shape index (κ3) is 3.75. The van der Waals surface area contributed by atoms with Crippen molar-refractivity contribution in [3.63, 3.8) is 0 Å². The zero-order valence-electron chi connectivity index (χ0n) is 10.5. The van der Waals surface area contributed by atoms with Crippen LogP contribution in [0.15, 0.2) is 18.2 Å². The van der Waals surface area contributed by atoms with Crippen LogP contribution in [0.25, 0.3) is 0 Å². The molecule has 0 heterocycles. The van der Waals surface area contributed by atoms with Crippen LogP contribution < -0.4 is 5.32 Å². The minimum atomic E-state index is -0.997. The first kappa shape index (κ1) is 14.4. The summed E-state index contributed by atoms with van der Waals surface area (Å²) in [5.74, 6) is -1.89. The molecule has 104 valence electrons. The summed E-state index contributed by atoms with van der Waals surface area (Å²) in [5.41, 5.74) is 0.154. The lowest BCUT2D eigenvalue weighted by molar-refractivity contribution is 0.0944. The van der Waals surface area contributed by atoms with Crippen LogP contribution in [-0.2, 0) is 0 Å². The number of benzene rings is 1. The maximum Gasteiger partial charge on any atom is 0.251 e. The lowest BCUT2D eigenvalue weighted by Gasteiger charge is -2.27. The van der Waals surface area contributed by atoms with E-state index in [2.05, 4.69) is 21.2 Å². The fraction of sp³-hybridized carbons (Fsp3) is 0.500. The monoisotopic (exact) mass is 331 g/mol. The number of amides is 1. The molecule has 2 atom stereocenters. The maximum atomic E-state index is 13.0. The fourth-order valence-corrected chi connectivity index (χ4v) is 3.13.